The van der Waals surface area contributed by atoms with Crippen molar-refractivity contribution < 1.29 is 14.7 Å². The van der Waals surface area contributed by atoms with Gasteiger partial charge >= 0.3 is 5.97 Å². The van der Waals surface area contributed by atoms with E-state index in [1.165, 1.54) is 20.2 Å². The second-order valence-electron chi connectivity index (χ2n) is 4.40. The van der Waals surface area contributed by atoms with Crippen molar-refractivity contribution in [2.45, 2.75) is 13.8 Å². The van der Waals surface area contributed by atoms with Crippen molar-refractivity contribution in [2.24, 2.45) is 0 Å². The fraction of sp³-hybridized carbons (Fsp3) is 0.143. The van der Waals surface area contributed by atoms with Gasteiger partial charge in [-0.25, -0.2) is 14.5 Å². The second-order valence-corrected chi connectivity index (χ2v) is 4.40. The lowest BCUT2D eigenvalue weighted by atomic mass is 10.1. The third-order valence-electron chi connectivity index (χ3n) is 3.03. The molecule has 2 rings (SSSR count). The van der Waals surface area contributed by atoms with Gasteiger partial charge in [0.1, 0.15) is 12.7 Å². The molecule has 108 valence electrons. The van der Waals surface area contributed by atoms with Crippen LogP contribution < -0.4 is 5.32 Å². The molecule has 1 amide bonds. The van der Waals surface area contributed by atoms with Crippen LogP contribution in [-0.2, 0) is 9.59 Å². The van der Waals surface area contributed by atoms with Gasteiger partial charge in [0.15, 0.2) is 0 Å². The lowest BCUT2D eigenvalue weighted by Gasteiger charge is -2.08. The monoisotopic (exact) mass is 286 g/mol. The highest BCUT2D eigenvalue weighted by molar-refractivity contribution is 6.08. The first-order chi connectivity index (χ1) is 9.99. The van der Waals surface area contributed by atoms with Crippen molar-refractivity contribution in [1.82, 2.24) is 14.8 Å². The Morgan fingerprint density at radius 3 is 2.33 bits per heavy atom. The first-order valence-electron chi connectivity index (χ1n) is 6.16. The molecule has 7 nitrogen and oxygen atoms in total. The molecule has 0 aliphatic heterocycles. The molecule has 0 saturated heterocycles. The Labute approximate surface area is 120 Å². The highest BCUT2D eigenvalue weighted by Crippen LogP contribution is 2.14. The minimum Gasteiger partial charge on any atom is -0.478 e. The molecule has 2 aromatic rings. The molecule has 1 aromatic carbocycles. The summed E-state index contributed by atoms with van der Waals surface area (Å²) in [5.41, 5.74) is 1.57. The predicted octanol–water partition coefficient (Wildman–Crippen LogP) is 1.63. The number of rotatable bonds is 4. The second kappa shape index (κ2) is 6.00. The Bertz CT molecular complexity index is 688. The fourth-order valence-corrected chi connectivity index (χ4v) is 1.59. The zero-order valence-electron chi connectivity index (χ0n) is 11.6. The van der Waals surface area contributed by atoms with Gasteiger partial charge in [-0.3, -0.25) is 4.79 Å². The highest BCUT2D eigenvalue weighted by Gasteiger charge is 2.12. The molecule has 21 heavy (non-hydrogen) atoms. The van der Waals surface area contributed by atoms with Gasteiger partial charge < -0.3 is 10.4 Å². The average Bonchev–Trinajstić information content (AvgIpc) is 3.00. The van der Waals surface area contributed by atoms with E-state index in [4.69, 9.17) is 5.11 Å². The molecule has 0 saturated carbocycles. The van der Waals surface area contributed by atoms with Crippen LogP contribution in [0.2, 0.25) is 0 Å². The normalized spacial score (nSPS) is 11.7. The molecule has 1 aromatic heterocycles. The number of nitrogens with zero attached hydrogens (tertiary/aromatic N) is 3. The Hall–Kier alpha value is -2.96. The molecule has 0 fully saturated rings. The van der Waals surface area contributed by atoms with Crippen molar-refractivity contribution in [2.75, 3.05) is 5.32 Å². The summed E-state index contributed by atoms with van der Waals surface area (Å²) in [7, 11) is 0. The molecule has 0 radical (unpaired) electrons. The summed E-state index contributed by atoms with van der Waals surface area (Å²) in [5, 5.41) is 15.5. The molecule has 0 aliphatic carbocycles. The van der Waals surface area contributed by atoms with Crippen LogP contribution in [-0.4, -0.2) is 31.7 Å². The standard InChI is InChI=1S/C14H14N4O3/c1-9(10(2)14(20)21)13(19)17-11-3-5-12(6-4-11)18-8-15-7-16-18/h3-8H,1-2H3,(H,17,19)(H,20,21). The number of carbonyl (C=O) groups excluding carboxylic acids is 1. The smallest absolute Gasteiger partial charge is 0.331 e. The van der Waals surface area contributed by atoms with E-state index in [2.05, 4.69) is 15.4 Å². The van der Waals surface area contributed by atoms with E-state index in [0.717, 1.165) is 5.69 Å². The van der Waals surface area contributed by atoms with Crippen LogP contribution in [0.3, 0.4) is 0 Å². The van der Waals surface area contributed by atoms with E-state index in [1.807, 2.05) is 0 Å². The van der Waals surface area contributed by atoms with Crippen LogP contribution in [0.25, 0.3) is 5.69 Å². The summed E-state index contributed by atoms with van der Waals surface area (Å²) in [6.07, 6.45) is 3.00. The first kappa shape index (κ1) is 14.4. The third kappa shape index (κ3) is 3.33. The van der Waals surface area contributed by atoms with E-state index in [-0.39, 0.29) is 11.1 Å². The molecule has 0 atom stereocenters. The largest absolute Gasteiger partial charge is 0.478 e. The van der Waals surface area contributed by atoms with Crippen LogP contribution in [0, 0.1) is 0 Å². The topological polar surface area (TPSA) is 97.1 Å². The van der Waals surface area contributed by atoms with Crippen LogP contribution in [0.5, 0.6) is 0 Å². The van der Waals surface area contributed by atoms with Crippen molar-refractivity contribution in [3.63, 3.8) is 0 Å². The molecule has 0 aliphatic rings. The highest BCUT2D eigenvalue weighted by atomic mass is 16.4. The van der Waals surface area contributed by atoms with Crippen LogP contribution in [0.4, 0.5) is 5.69 Å². The Morgan fingerprint density at radius 2 is 1.81 bits per heavy atom. The summed E-state index contributed by atoms with van der Waals surface area (Å²) in [6, 6.07) is 6.96. The fourth-order valence-electron chi connectivity index (χ4n) is 1.59. The maximum atomic E-state index is 11.9. The number of hydrogen-bond donors (Lipinski definition) is 2. The molecule has 0 spiro atoms. The number of aromatic nitrogens is 3. The number of amides is 1. The minimum absolute atomic E-state index is 0.0201. The quantitative estimate of drug-likeness (QED) is 0.832. The first-order valence-corrected chi connectivity index (χ1v) is 6.16. The SMILES string of the molecule is CC(C(=O)O)=C(C)C(=O)Nc1ccc(-n2cncn2)cc1. The number of aliphatic carboxylic acids is 1. The van der Waals surface area contributed by atoms with Gasteiger partial charge in [-0.15, -0.1) is 0 Å². The third-order valence-corrected chi connectivity index (χ3v) is 3.03. The Kier molecular flexibility index (Phi) is 4.13. The van der Waals surface area contributed by atoms with Crippen molar-refractivity contribution in [3.05, 3.63) is 48.1 Å². The number of carboxylic acid groups (broad SMARTS) is 1. The van der Waals surface area contributed by atoms with Crippen molar-refractivity contribution >= 4 is 17.6 Å². The molecular formula is C14H14N4O3. The summed E-state index contributed by atoms with van der Waals surface area (Å²) in [4.78, 5) is 26.6. The Balaban J connectivity index is 2.12. The molecule has 0 unspecified atom stereocenters. The van der Waals surface area contributed by atoms with Gasteiger partial charge in [-0.2, -0.15) is 5.10 Å². The van der Waals surface area contributed by atoms with E-state index in [9.17, 15) is 9.59 Å². The summed E-state index contributed by atoms with van der Waals surface area (Å²) < 4.78 is 1.59. The molecular weight excluding hydrogens is 272 g/mol. The van der Waals surface area contributed by atoms with Gasteiger partial charge in [-0.05, 0) is 38.1 Å². The van der Waals surface area contributed by atoms with Crippen LogP contribution in [0.1, 0.15) is 13.8 Å². The number of hydrogen-bond acceptors (Lipinski definition) is 4. The maximum Gasteiger partial charge on any atom is 0.331 e. The molecule has 1 heterocycles. The summed E-state index contributed by atoms with van der Waals surface area (Å²) in [5.74, 6) is -1.55. The molecule has 0 bridgehead atoms. The number of nitrogens with one attached hydrogen (secondary N) is 1. The zero-order valence-corrected chi connectivity index (χ0v) is 11.6. The van der Waals surface area contributed by atoms with Crippen LogP contribution >= 0.6 is 0 Å². The summed E-state index contributed by atoms with van der Waals surface area (Å²) >= 11 is 0. The van der Waals surface area contributed by atoms with E-state index in [0.29, 0.717) is 5.69 Å². The van der Waals surface area contributed by atoms with Crippen LogP contribution in [0.15, 0.2) is 48.1 Å². The molecule has 7 heteroatoms. The Morgan fingerprint density at radius 1 is 1.14 bits per heavy atom. The van der Waals surface area contributed by atoms with E-state index < -0.39 is 11.9 Å². The summed E-state index contributed by atoms with van der Waals surface area (Å²) in [6.45, 7) is 2.87. The van der Waals surface area contributed by atoms with Gasteiger partial charge in [0, 0.05) is 16.8 Å². The predicted molar refractivity (Wildman–Crippen MR) is 76.0 cm³/mol. The lowest BCUT2D eigenvalue weighted by Crippen LogP contribution is -2.16. The number of benzene rings is 1. The number of carboxylic acids is 1. The average molecular weight is 286 g/mol. The zero-order chi connectivity index (χ0) is 15.4. The number of anilines is 1. The van der Waals surface area contributed by atoms with E-state index >= 15 is 0 Å². The van der Waals surface area contributed by atoms with Gasteiger partial charge in [0.25, 0.3) is 5.91 Å². The van der Waals surface area contributed by atoms with Crippen molar-refractivity contribution in [1.29, 1.82) is 0 Å². The van der Waals surface area contributed by atoms with Gasteiger partial charge in [0.2, 0.25) is 0 Å². The number of carbonyl (C=O) groups is 2. The maximum absolute atomic E-state index is 11.9. The van der Waals surface area contributed by atoms with Gasteiger partial charge in [0.05, 0.1) is 5.69 Å². The van der Waals surface area contributed by atoms with Crippen molar-refractivity contribution in [3.8, 4) is 5.69 Å². The van der Waals surface area contributed by atoms with E-state index in [1.54, 1.807) is 35.3 Å². The molecule has 2 N–H and O–H groups in total. The van der Waals surface area contributed by atoms with Gasteiger partial charge in [-0.1, -0.05) is 0 Å². The lowest BCUT2D eigenvalue weighted by molar-refractivity contribution is -0.133. The minimum atomic E-state index is -1.11.